The smallest absolute Gasteiger partial charge is 0.420 e. The van der Waals surface area contributed by atoms with E-state index in [2.05, 4.69) is 11.1 Å². The molecule has 0 amide bonds. The third-order valence-electron chi connectivity index (χ3n) is 4.27. The number of carbonyl (C=O) groups excluding carboxylic acids is 1. The van der Waals surface area contributed by atoms with Crippen molar-refractivity contribution in [2.45, 2.75) is 45.6 Å². The second-order valence-corrected chi connectivity index (χ2v) is 8.08. The normalized spacial score (nSPS) is 12.0. The minimum absolute atomic E-state index is 0.466. The zero-order valence-corrected chi connectivity index (χ0v) is 16.3. The van der Waals surface area contributed by atoms with Gasteiger partial charge in [-0.05, 0) is 51.5 Å². The molecule has 0 unspecified atom stereocenters. The van der Waals surface area contributed by atoms with Gasteiger partial charge in [-0.1, -0.05) is 36.4 Å². The summed E-state index contributed by atoms with van der Waals surface area (Å²) in [5, 5.41) is 11.7. The van der Waals surface area contributed by atoms with E-state index in [0.29, 0.717) is 11.5 Å². The van der Waals surface area contributed by atoms with E-state index in [0.717, 1.165) is 16.3 Å². The van der Waals surface area contributed by atoms with Crippen LogP contribution in [0.15, 0.2) is 48.7 Å². The zero-order chi connectivity index (χ0) is 19.8. The van der Waals surface area contributed by atoms with Crippen molar-refractivity contribution in [2.75, 3.05) is 0 Å². The molecule has 0 aliphatic rings. The molecule has 3 rings (SSSR count). The van der Waals surface area contributed by atoms with E-state index in [9.17, 15) is 10.1 Å². The Bertz CT molecular complexity index is 1050. The molecule has 0 radical (unpaired) electrons. The van der Waals surface area contributed by atoms with Crippen LogP contribution in [0.25, 0.3) is 22.2 Å². The molecule has 0 spiro atoms. The highest BCUT2D eigenvalue weighted by atomic mass is 16.6. The summed E-state index contributed by atoms with van der Waals surface area (Å²) in [6.07, 6.45) is 1.04. The van der Waals surface area contributed by atoms with Crippen molar-refractivity contribution in [3.8, 4) is 17.5 Å². The van der Waals surface area contributed by atoms with Gasteiger partial charge in [0.05, 0.1) is 23.4 Å². The van der Waals surface area contributed by atoms with E-state index >= 15 is 0 Å². The van der Waals surface area contributed by atoms with Crippen LogP contribution in [-0.4, -0.2) is 21.2 Å². The number of hydrogen-bond acceptors (Lipinski definition) is 4. The van der Waals surface area contributed by atoms with E-state index < -0.39 is 17.1 Å². The van der Waals surface area contributed by atoms with Crippen molar-refractivity contribution in [1.82, 2.24) is 9.55 Å². The van der Waals surface area contributed by atoms with Crippen LogP contribution in [-0.2, 0) is 10.2 Å². The van der Waals surface area contributed by atoms with Crippen LogP contribution >= 0.6 is 0 Å². The van der Waals surface area contributed by atoms with Gasteiger partial charge in [0.15, 0.2) is 0 Å². The lowest BCUT2D eigenvalue weighted by Gasteiger charge is -2.23. The summed E-state index contributed by atoms with van der Waals surface area (Å²) in [4.78, 5) is 17.4. The molecule has 1 aromatic heterocycles. The van der Waals surface area contributed by atoms with Crippen molar-refractivity contribution < 1.29 is 9.53 Å². The molecule has 0 bridgehead atoms. The first-order chi connectivity index (χ1) is 12.6. The summed E-state index contributed by atoms with van der Waals surface area (Å²) in [6, 6.07) is 16.1. The van der Waals surface area contributed by atoms with Crippen LogP contribution in [0.1, 0.15) is 40.3 Å². The number of benzene rings is 2. The van der Waals surface area contributed by atoms with Crippen LogP contribution in [0, 0.1) is 11.3 Å². The zero-order valence-electron chi connectivity index (χ0n) is 16.3. The van der Waals surface area contributed by atoms with Crippen molar-refractivity contribution in [1.29, 1.82) is 5.26 Å². The molecule has 5 nitrogen and oxygen atoms in total. The highest BCUT2D eigenvalue weighted by Gasteiger charge is 2.31. The number of hydrogen-bond donors (Lipinski definition) is 0. The predicted octanol–water partition coefficient (Wildman–Crippen LogP) is 5.29. The molecule has 0 saturated carbocycles. The number of rotatable bonds is 2. The lowest BCUT2D eigenvalue weighted by Crippen LogP contribution is -2.31. The summed E-state index contributed by atoms with van der Waals surface area (Å²) in [5.74, 6) is 0.466. The Balaban J connectivity index is 2.20. The van der Waals surface area contributed by atoms with Gasteiger partial charge in [-0.3, -0.25) is 0 Å². The molecule has 0 aliphatic carbocycles. The van der Waals surface area contributed by atoms with Crippen molar-refractivity contribution in [2.24, 2.45) is 0 Å². The third-order valence-corrected chi connectivity index (χ3v) is 4.27. The molecule has 0 aliphatic heterocycles. The lowest BCUT2D eigenvalue weighted by atomic mass is 9.92. The van der Waals surface area contributed by atoms with Gasteiger partial charge in [0, 0.05) is 5.56 Å². The average Bonchev–Trinajstić information content (AvgIpc) is 3.06. The van der Waals surface area contributed by atoms with Gasteiger partial charge >= 0.3 is 6.09 Å². The fraction of sp³-hybridized carbons (Fsp3) is 0.318. The summed E-state index contributed by atoms with van der Waals surface area (Å²) >= 11 is 0. The number of ether oxygens (including phenoxy) is 1. The maximum absolute atomic E-state index is 13.0. The summed E-state index contributed by atoms with van der Waals surface area (Å²) in [5.41, 5.74) is -0.253. The Hall–Kier alpha value is -3.13. The molecule has 0 fully saturated rings. The highest BCUT2D eigenvalue weighted by Crippen LogP contribution is 2.30. The molecular weight excluding hydrogens is 338 g/mol. The number of nitriles is 1. The molecule has 1 heterocycles. The molecule has 3 aromatic rings. The number of imidazole rings is 1. The first-order valence-corrected chi connectivity index (χ1v) is 8.84. The van der Waals surface area contributed by atoms with E-state index in [4.69, 9.17) is 4.74 Å². The van der Waals surface area contributed by atoms with E-state index in [1.807, 2.05) is 63.2 Å². The third kappa shape index (κ3) is 3.70. The lowest BCUT2D eigenvalue weighted by molar-refractivity contribution is 0.0532. The molecule has 27 heavy (non-hydrogen) atoms. The van der Waals surface area contributed by atoms with Crippen LogP contribution in [0.2, 0.25) is 0 Å². The second-order valence-electron chi connectivity index (χ2n) is 8.08. The Labute approximate surface area is 159 Å². The fourth-order valence-corrected chi connectivity index (χ4v) is 2.87. The van der Waals surface area contributed by atoms with Crippen molar-refractivity contribution >= 4 is 16.9 Å². The molecule has 5 heteroatoms. The van der Waals surface area contributed by atoms with Crippen LogP contribution in [0.3, 0.4) is 0 Å². The van der Waals surface area contributed by atoms with Gasteiger partial charge < -0.3 is 4.74 Å². The summed E-state index contributed by atoms with van der Waals surface area (Å²) < 4.78 is 7.00. The maximum Gasteiger partial charge on any atom is 0.420 e. The van der Waals surface area contributed by atoms with Gasteiger partial charge in [0.2, 0.25) is 0 Å². The largest absolute Gasteiger partial charge is 0.443 e. The minimum Gasteiger partial charge on any atom is -0.443 e. The maximum atomic E-state index is 13.0. The Morgan fingerprint density at radius 2 is 1.74 bits per heavy atom. The minimum atomic E-state index is -0.890. The average molecular weight is 361 g/mol. The number of nitrogens with zero attached hydrogens (tertiary/aromatic N) is 3. The number of fused-ring (bicyclic) bond motifs is 1. The molecule has 0 saturated heterocycles. The van der Waals surface area contributed by atoms with Crippen LogP contribution in [0.4, 0.5) is 4.79 Å². The molecule has 0 atom stereocenters. The van der Waals surface area contributed by atoms with Crippen molar-refractivity contribution in [3.05, 3.63) is 54.4 Å². The Morgan fingerprint density at radius 3 is 2.37 bits per heavy atom. The first-order valence-electron chi connectivity index (χ1n) is 8.84. The van der Waals surface area contributed by atoms with E-state index in [1.54, 1.807) is 20.0 Å². The predicted molar refractivity (Wildman–Crippen MR) is 105 cm³/mol. The Kier molecular flexibility index (Phi) is 4.52. The van der Waals surface area contributed by atoms with E-state index in [1.165, 1.54) is 4.57 Å². The van der Waals surface area contributed by atoms with Gasteiger partial charge in [-0.2, -0.15) is 5.26 Å². The fourth-order valence-electron chi connectivity index (χ4n) is 2.87. The molecule has 0 N–H and O–H groups in total. The summed E-state index contributed by atoms with van der Waals surface area (Å²) in [6.45, 7) is 8.95. The Morgan fingerprint density at radius 1 is 1.07 bits per heavy atom. The quantitative estimate of drug-likeness (QED) is 0.622. The highest BCUT2D eigenvalue weighted by molar-refractivity contribution is 5.88. The van der Waals surface area contributed by atoms with Crippen LogP contribution < -0.4 is 0 Å². The van der Waals surface area contributed by atoms with Gasteiger partial charge in [0.25, 0.3) is 0 Å². The summed E-state index contributed by atoms with van der Waals surface area (Å²) in [7, 11) is 0. The van der Waals surface area contributed by atoms with Crippen molar-refractivity contribution in [3.63, 3.8) is 0 Å². The SMILES string of the molecule is CC(C)(C)OC(=O)n1c(C(C)(C)C#N)cnc1-c1ccc2ccccc2c1. The monoisotopic (exact) mass is 361 g/mol. The standard InChI is InChI=1S/C22H23N3O2/c1-21(2,3)27-20(26)25-18(22(4,5)14-23)13-24-19(25)17-11-10-15-8-6-7-9-16(15)12-17/h6-13H,1-5H3. The molecule has 2 aromatic carbocycles. The number of aromatic nitrogens is 2. The second kappa shape index (κ2) is 6.55. The van der Waals surface area contributed by atoms with E-state index in [-0.39, 0.29) is 0 Å². The van der Waals surface area contributed by atoms with Gasteiger partial charge in [-0.25, -0.2) is 14.3 Å². The van der Waals surface area contributed by atoms with Gasteiger partial charge in [-0.15, -0.1) is 0 Å². The molecular formula is C22H23N3O2. The first kappa shape index (κ1) is 18.7. The molecule has 138 valence electrons. The number of carbonyl (C=O) groups is 1. The van der Waals surface area contributed by atoms with Gasteiger partial charge in [0.1, 0.15) is 11.4 Å². The topological polar surface area (TPSA) is 67.9 Å². The van der Waals surface area contributed by atoms with Crippen LogP contribution in [0.5, 0.6) is 0 Å².